The molecule has 0 N–H and O–H groups in total. The third kappa shape index (κ3) is 1.99. The number of aromatic nitrogens is 3. The van der Waals surface area contributed by atoms with Gasteiger partial charge in [-0.05, 0) is 22.4 Å². The lowest BCUT2D eigenvalue weighted by Crippen LogP contribution is -2.02. The van der Waals surface area contributed by atoms with Gasteiger partial charge in [-0.1, -0.05) is 18.6 Å². The summed E-state index contributed by atoms with van der Waals surface area (Å²) in [5, 5.41) is 7.12. The number of unbranched alkanes of at least 4 members (excludes halogenated alkanes) is 1. The molecule has 0 radical (unpaired) electrons. The van der Waals surface area contributed by atoms with Gasteiger partial charge in [0.2, 0.25) is 5.95 Å². The van der Waals surface area contributed by atoms with Gasteiger partial charge in [0.1, 0.15) is 0 Å². The van der Waals surface area contributed by atoms with Gasteiger partial charge < -0.3 is 0 Å². The van der Waals surface area contributed by atoms with Crippen LogP contribution in [0.1, 0.15) is 19.8 Å². The highest BCUT2D eigenvalue weighted by Crippen LogP contribution is 2.10. The third-order valence-electron chi connectivity index (χ3n) is 1.36. The number of nitrogens with zero attached hydrogens (tertiary/aromatic N) is 3. The zero-order chi connectivity index (χ0) is 8.27. The first-order valence-electron chi connectivity index (χ1n) is 3.50. The van der Waals surface area contributed by atoms with Gasteiger partial charge in [-0.2, -0.15) is 4.39 Å². The molecular weight excluding hydrogens is 213 g/mol. The summed E-state index contributed by atoms with van der Waals surface area (Å²) in [6, 6.07) is 0. The molecule has 1 aromatic heterocycles. The molecule has 0 spiro atoms. The second-order valence-corrected chi connectivity index (χ2v) is 3.00. The molecule has 3 nitrogen and oxygen atoms in total. The van der Waals surface area contributed by atoms with E-state index in [4.69, 9.17) is 0 Å². The van der Waals surface area contributed by atoms with Crippen molar-refractivity contribution in [2.45, 2.75) is 26.3 Å². The van der Waals surface area contributed by atoms with Crippen molar-refractivity contribution in [3.63, 3.8) is 0 Å². The Balaban J connectivity index is 2.63. The minimum absolute atomic E-state index is 0.189. The van der Waals surface area contributed by atoms with Crippen LogP contribution in [0.4, 0.5) is 4.39 Å². The highest BCUT2D eigenvalue weighted by Gasteiger charge is 2.07. The summed E-state index contributed by atoms with van der Waals surface area (Å²) in [6.07, 6.45) is 1.95. The Hall–Kier alpha value is -0.450. The molecule has 0 fully saturated rings. The van der Waals surface area contributed by atoms with Crippen LogP contribution in [0.5, 0.6) is 0 Å². The van der Waals surface area contributed by atoms with E-state index in [1.165, 1.54) is 4.68 Å². The van der Waals surface area contributed by atoms with Crippen LogP contribution >= 0.6 is 15.9 Å². The number of halogens is 2. The van der Waals surface area contributed by atoms with E-state index in [-0.39, 0.29) is 4.60 Å². The molecule has 0 saturated heterocycles. The molecule has 0 aliphatic heterocycles. The maximum absolute atomic E-state index is 12.9. The van der Waals surface area contributed by atoms with Crippen LogP contribution in [0.25, 0.3) is 0 Å². The minimum Gasteiger partial charge on any atom is -0.218 e. The zero-order valence-corrected chi connectivity index (χ0v) is 7.80. The van der Waals surface area contributed by atoms with Gasteiger partial charge >= 0.3 is 0 Å². The molecule has 0 bridgehead atoms. The Kier molecular flexibility index (Phi) is 2.99. The molecule has 62 valence electrons. The fraction of sp³-hybridized carbons (Fsp3) is 0.667. The SMILES string of the molecule is CCCCn1nnc(Br)c1F. The normalized spacial score (nSPS) is 10.5. The molecule has 0 aromatic carbocycles. The van der Waals surface area contributed by atoms with Crippen molar-refractivity contribution in [2.24, 2.45) is 0 Å². The van der Waals surface area contributed by atoms with E-state index < -0.39 is 5.95 Å². The van der Waals surface area contributed by atoms with Crippen LogP contribution in [0.15, 0.2) is 4.60 Å². The van der Waals surface area contributed by atoms with E-state index in [0.29, 0.717) is 6.54 Å². The Morgan fingerprint density at radius 2 is 2.36 bits per heavy atom. The van der Waals surface area contributed by atoms with E-state index in [9.17, 15) is 4.39 Å². The maximum atomic E-state index is 12.9. The van der Waals surface area contributed by atoms with Gasteiger partial charge in [0.05, 0.1) is 0 Å². The molecule has 0 unspecified atom stereocenters. The summed E-state index contributed by atoms with van der Waals surface area (Å²) in [5.41, 5.74) is 0. The van der Waals surface area contributed by atoms with E-state index in [1.807, 2.05) is 6.92 Å². The van der Waals surface area contributed by atoms with Crippen molar-refractivity contribution >= 4 is 15.9 Å². The molecule has 1 rings (SSSR count). The summed E-state index contributed by atoms with van der Waals surface area (Å²) in [7, 11) is 0. The van der Waals surface area contributed by atoms with E-state index in [1.54, 1.807) is 0 Å². The van der Waals surface area contributed by atoms with Gasteiger partial charge in [0.25, 0.3) is 0 Å². The molecule has 0 aliphatic rings. The Labute approximate surface area is 72.7 Å². The Bertz CT molecular complexity index is 236. The van der Waals surface area contributed by atoms with Crippen LogP contribution in [0.3, 0.4) is 0 Å². The molecule has 1 aromatic rings. The topological polar surface area (TPSA) is 30.7 Å². The standard InChI is InChI=1S/C6H9BrFN3/c1-2-3-4-11-6(8)5(7)9-10-11/h2-4H2,1H3. The van der Waals surface area contributed by atoms with Gasteiger partial charge in [-0.25, -0.2) is 4.68 Å². The van der Waals surface area contributed by atoms with Crippen molar-refractivity contribution in [3.05, 3.63) is 10.6 Å². The van der Waals surface area contributed by atoms with Crippen LogP contribution < -0.4 is 0 Å². The fourth-order valence-electron chi connectivity index (χ4n) is 0.731. The summed E-state index contributed by atoms with van der Waals surface area (Å²) >= 11 is 2.94. The van der Waals surface area contributed by atoms with Gasteiger partial charge in [0, 0.05) is 6.54 Å². The first-order chi connectivity index (χ1) is 5.25. The zero-order valence-electron chi connectivity index (χ0n) is 6.22. The third-order valence-corrected chi connectivity index (χ3v) is 1.85. The second-order valence-electron chi connectivity index (χ2n) is 2.25. The van der Waals surface area contributed by atoms with E-state index >= 15 is 0 Å². The van der Waals surface area contributed by atoms with Crippen molar-refractivity contribution in [1.29, 1.82) is 0 Å². The lowest BCUT2D eigenvalue weighted by molar-refractivity contribution is 0.437. The highest BCUT2D eigenvalue weighted by molar-refractivity contribution is 9.10. The molecule has 0 saturated carbocycles. The van der Waals surface area contributed by atoms with Crippen LogP contribution in [-0.4, -0.2) is 15.0 Å². The summed E-state index contributed by atoms with van der Waals surface area (Å²) in [4.78, 5) is 0. The Morgan fingerprint density at radius 1 is 1.64 bits per heavy atom. The summed E-state index contributed by atoms with van der Waals surface area (Å²) in [5.74, 6) is -0.390. The average molecular weight is 222 g/mol. The van der Waals surface area contributed by atoms with Crippen LogP contribution in [-0.2, 0) is 6.54 Å². The van der Waals surface area contributed by atoms with Crippen LogP contribution in [0.2, 0.25) is 0 Å². The lowest BCUT2D eigenvalue weighted by Gasteiger charge is -1.96. The monoisotopic (exact) mass is 221 g/mol. The lowest BCUT2D eigenvalue weighted by atomic mass is 10.3. The predicted octanol–water partition coefficient (Wildman–Crippen LogP) is 1.98. The van der Waals surface area contributed by atoms with Crippen molar-refractivity contribution in [3.8, 4) is 0 Å². The quantitative estimate of drug-likeness (QED) is 0.782. The molecule has 5 heteroatoms. The summed E-state index contributed by atoms with van der Waals surface area (Å²) < 4.78 is 14.3. The molecule has 1 heterocycles. The first-order valence-corrected chi connectivity index (χ1v) is 4.29. The second kappa shape index (κ2) is 3.80. The highest BCUT2D eigenvalue weighted by atomic mass is 79.9. The summed E-state index contributed by atoms with van der Waals surface area (Å²) in [6.45, 7) is 2.64. The smallest absolute Gasteiger partial charge is 0.218 e. The molecule has 0 atom stereocenters. The molecule has 0 aliphatic carbocycles. The van der Waals surface area contributed by atoms with Gasteiger partial charge in [0.15, 0.2) is 4.60 Å². The fourth-order valence-corrected chi connectivity index (χ4v) is 1.01. The average Bonchev–Trinajstić information content (AvgIpc) is 2.31. The maximum Gasteiger partial charge on any atom is 0.246 e. The number of hydrogen-bond acceptors (Lipinski definition) is 2. The van der Waals surface area contributed by atoms with Crippen molar-refractivity contribution < 1.29 is 4.39 Å². The van der Waals surface area contributed by atoms with Gasteiger partial charge in [-0.3, -0.25) is 0 Å². The Morgan fingerprint density at radius 3 is 2.82 bits per heavy atom. The van der Waals surface area contributed by atoms with E-state index in [2.05, 4.69) is 26.2 Å². The number of aryl methyl sites for hydroxylation is 1. The number of hydrogen-bond donors (Lipinski definition) is 0. The first kappa shape index (κ1) is 8.64. The molecule has 0 amide bonds. The van der Waals surface area contributed by atoms with Gasteiger partial charge in [-0.15, -0.1) is 5.10 Å². The van der Waals surface area contributed by atoms with Crippen molar-refractivity contribution in [2.75, 3.05) is 0 Å². The number of rotatable bonds is 3. The minimum atomic E-state index is -0.390. The largest absolute Gasteiger partial charge is 0.246 e. The van der Waals surface area contributed by atoms with Crippen molar-refractivity contribution in [1.82, 2.24) is 15.0 Å². The van der Waals surface area contributed by atoms with E-state index in [0.717, 1.165) is 12.8 Å². The predicted molar refractivity (Wildman–Crippen MR) is 42.6 cm³/mol. The molecule has 11 heavy (non-hydrogen) atoms. The van der Waals surface area contributed by atoms with Crippen LogP contribution in [0, 0.1) is 5.95 Å². The molecular formula is C6H9BrFN3.